The molecule has 0 radical (unpaired) electrons. The first-order valence-electron chi connectivity index (χ1n) is 15.2. The number of aliphatic imine (C=N–C) groups is 1. The number of para-hydroxylation sites is 1. The van der Waals surface area contributed by atoms with E-state index in [4.69, 9.17) is 10.5 Å². The van der Waals surface area contributed by atoms with Crippen LogP contribution in [0.2, 0.25) is 0 Å². The first kappa shape index (κ1) is 32.3. The van der Waals surface area contributed by atoms with E-state index < -0.39 is 6.04 Å². The summed E-state index contributed by atoms with van der Waals surface area (Å²) >= 11 is 0. The van der Waals surface area contributed by atoms with Gasteiger partial charge < -0.3 is 31.3 Å². The number of amides is 2. The summed E-state index contributed by atoms with van der Waals surface area (Å²) < 4.78 is 5.37. The quantitative estimate of drug-likeness (QED) is 0.104. The Hall–Kier alpha value is -4.63. The lowest BCUT2D eigenvalue weighted by molar-refractivity contribution is -0.133. The topological polar surface area (TPSA) is 121 Å². The monoisotopic (exact) mass is 596 g/mol. The molecule has 5 N–H and O–H groups in total. The molecule has 2 amide bonds. The Balaban J connectivity index is 1.46. The first-order valence-corrected chi connectivity index (χ1v) is 15.2. The van der Waals surface area contributed by atoms with Crippen LogP contribution in [0.5, 0.6) is 5.75 Å². The van der Waals surface area contributed by atoms with Gasteiger partial charge in [0.15, 0.2) is 5.96 Å². The van der Waals surface area contributed by atoms with E-state index in [1.165, 1.54) is 17.2 Å². The van der Waals surface area contributed by atoms with Gasteiger partial charge >= 0.3 is 0 Å². The molecule has 1 aliphatic rings. The molecule has 1 saturated heterocycles. The molecule has 1 heterocycles. The summed E-state index contributed by atoms with van der Waals surface area (Å²) in [5.41, 5.74) is 8.96. The predicted octanol–water partition coefficient (Wildman–Crippen LogP) is 3.53. The maximum absolute atomic E-state index is 14.0. The number of hydrogen-bond donors (Lipinski definition) is 4. The molecule has 0 aromatic heterocycles. The second-order valence-corrected chi connectivity index (χ2v) is 10.9. The van der Waals surface area contributed by atoms with E-state index in [-0.39, 0.29) is 23.8 Å². The molecule has 3 aromatic carbocycles. The third-order valence-corrected chi connectivity index (χ3v) is 7.89. The summed E-state index contributed by atoms with van der Waals surface area (Å²) in [6.07, 6.45) is 5.32. The van der Waals surface area contributed by atoms with Crippen LogP contribution in [0.15, 0.2) is 96.0 Å². The van der Waals surface area contributed by atoms with Crippen LogP contribution < -0.4 is 26.4 Å². The van der Waals surface area contributed by atoms with Crippen molar-refractivity contribution in [3.63, 3.8) is 0 Å². The Kier molecular flexibility index (Phi) is 12.4. The second-order valence-electron chi connectivity index (χ2n) is 10.9. The van der Waals surface area contributed by atoms with Crippen LogP contribution in [0.4, 0.5) is 0 Å². The number of benzene rings is 3. The number of carbonyl (C=O) groups is 2. The molecule has 44 heavy (non-hydrogen) atoms. The van der Waals surface area contributed by atoms with Crippen molar-refractivity contribution >= 4 is 23.8 Å². The molecule has 0 bridgehead atoms. The second kappa shape index (κ2) is 16.9. The Morgan fingerprint density at radius 1 is 1.05 bits per heavy atom. The number of nitrogens with zero attached hydrogens (tertiary/aromatic N) is 2. The zero-order chi connectivity index (χ0) is 31.1. The van der Waals surface area contributed by atoms with Crippen molar-refractivity contribution in [2.24, 2.45) is 10.7 Å². The molecule has 1 fully saturated rings. The van der Waals surface area contributed by atoms with E-state index >= 15 is 0 Å². The lowest BCUT2D eigenvalue weighted by Crippen LogP contribution is -2.49. The highest BCUT2D eigenvalue weighted by Gasteiger charge is 2.32. The van der Waals surface area contributed by atoms with E-state index in [0.29, 0.717) is 50.7 Å². The zero-order valence-electron chi connectivity index (χ0n) is 25.6. The third-order valence-electron chi connectivity index (χ3n) is 7.89. The number of rotatable bonds is 13. The first-order chi connectivity index (χ1) is 21.5. The summed E-state index contributed by atoms with van der Waals surface area (Å²) in [6.45, 7) is 2.17. The fourth-order valence-corrected chi connectivity index (χ4v) is 5.48. The molecular weight excluding hydrogens is 552 g/mol. The highest BCUT2D eigenvalue weighted by molar-refractivity contribution is 5.92. The molecular formula is C35H44N6O3. The minimum Gasteiger partial charge on any atom is -0.496 e. The highest BCUT2D eigenvalue weighted by Crippen LogP contribution is 2.27. The fourth-order valence-electron chi connectivity index (χ4n) is 5.48. The van der Waals surface area contributed by atoms with Gasteiger partial charge in [-0.2, -0.15) is 0 Å². The number of guanidine groups is 1. The van der Waals surface area contributed by atoms with Gasteiger partial charge in [0.25, 0.3) is 0 Å². The van der Waals surface area contributed by atoms with Crippen molar-refractivity contribution in [1.29, 1.82) is 0 Å². The van der Waals surface area contributed by atoms with Gasteiger partial charge in [-0.05, 0) is 42.5 Å². The molecule has 0 spiro atoms. The van der Waals surface area contributed by atoms with E-state index in [2.05, 4.69) is 45.2 Å². The summed E-state index contributed by atoms with van der Waals surface area (Å²) in [5, 5.41) is 9.65. The average molecular weight is 597 g/mol. The summed E-state index contributed by atoms with van der Waals surface area (Å²) in [7, 11) is 3.24. The van der Waals surface area contributed by atoms with Crippen molar-refractivity contribution < 1.29 is 14.3 Å². The molecule has 3 aromatic rings. The van der Waals surface area contributed by atoms with Crippen molar-refractivity contribution in [1.82, 2.24) is 20.9 Å². The number of ether oxygens (including phenoxy) is 1. The normalized spacial score (nSPS) is 17.5. The van der Waals surface area contributed by atoms with Crippen LogP contribution in [-0.2, 0) is 9.59 Å². The predicted molar refractivity (Wildman–Crippen MR) is 176 cm³/mol. The van der Waals surface area contributed by atoms with Gasteiger partial charge in [-0.25, -0.2) is 0 Å². The summed E-state index contributed by atoms with van der Waals surface area (Å²) in [4.78, 5) is 32.7. The molecule has 2 atom stereocenters. The van der Waals surface area contributed by atoms with Crippen LogP contribution in [0.25, 0.3) is 6.08 Å². The van der Waals surface area contributed by atoms with E-state index in [0.717, 1.165) is 12.0 Å². The Labute approximate surface area is 260 Å². The van der Waals surface area contributed by atoms with Gasteiger partial charge in [-0.15, -0.1) is 0 Å². The van der Waals surface area contributed by atoms with Crippen LogP contribution >= 0.6 is 0 Å². The smallest absolute Gasteiger partial charge is 0.244 e. The third kappa shape index (κ3) is 9.44. The maximum atomic E-state index is 14.0. The summed E-state index contributed by atoms with van der Waals surface area (Å²) in [5.74, 6) is 0.995. The van der Waals surface area contributed by atoms with Gasteiger partial charge in [0.2, 0.25) is 11.8 Å². The van der Waals surface area contributed by atoms with E-state index in [9.17, 15) is 9.59 Å². The van der Waals surface area contributed by atoms with Crippen molar-refractivity contribution in [2.75, 3.05) is 40.3 Å². The Morgan fingerprint density at radius 3 is 2.36 bits per heavy atom. The molecule has 9 heteroatoms. The number of nitrogens with one attached hydrogen (secondary N) is 3. The van der Waals surface area contributed by atoms with Crippen molar-refractivity contribution in [3.8, 4) is 5.75 Å². The lowest BCUT2D eigenvalue weighted by atomic mass is 9.90. The number of carbonyl (C=O) groups excluding carboxylic acids is 2. The fraction of sp³-hybridized carbons (Fsp3) is 0.343. The minimum atomic E-state index is -0.391. The van der Waals surface area contributed by atoms with Crippen molar-refractivity contribution in [2.45, 2.75) is 37.3 Å². The maximum Gasteiger partial charge on any atom is 0.244 e. The van der Waals surface area contributed by atoms with E-state index in [1.54, 1.807) is 20.2 Å². The molecule has 4 rings (SSSR count). The van der Waals surface area contributed by atoms with Crippen LogP contribution in [0.3, 0.4) is 0 Å². The van der Waals surface area contributed by atoms with Gasteiger partial charge in [0.1, 0.15) is 5.75 Å². The van der Waals surface area contributed by atoms with Crippen molar-refractivity contribution in [3.05, 3.63) is 108 Å². The summed E-state index contributed by atoms with van der Waals surface area (Å²) in [6, 6.07) is 27.8. The molecule has 9 nitrogen and oxygen atoms in total. The Bertz CT molecular complexity index is 1360. The van der Waals surface area contributed by atoms with Crippen LogP contribution in [0.1, 0.15) is 41.9 Å². The molecule has 0 aliphatic carbocycles. The van der Waals surface area contributed by atoms with Crippen LogP contribution in [0, 0.1) is 0 Å². The number of nitrogens with two attached hydrogens (primary N) is 1. The molecule has 2 unspecified atom stereocenters. The van der Waals surface area contributed by atoms with Gasteiger partial charge in [0.05, 0.1) is 13.2 Å². The molecule has 1 aliphatic heterocycles. The molecule has 232 valence electrons. The SMILES string of the molecule is CN=C(N)NCCCC1NC(CNC(=O)/C=C/c2ccccc2OC)CCN(CC(c2ccccc2)c2ccccc2)C1=O. The average Bonchev–Trinajstić information content (AvgIpc) is 3.22. The molecule has 0 saturated carbocycles. The van der Waals surface area contributed by atoms with Gasteiger partial charge in [0, 0.05) is 56.8 Å². The highest BCUT2D eigenvalue weighted by atomic mass is 16.5. The van der Waals surface area contributed by atoms with E-state index in [1.807, 2.05) is 65.6 Å². The number of methoxy groups -OCH3 is 1. The minimum absolute atomic E-state index is 0.0422. The number of hydrogen-bond acceptors (Lipinski definition) is 5. The zero-order valence-corrected chi connectivity index (χ0v) is 25.6. The largest absolute Gasteiger partial charge is 0.496 e. The van der Waals surface area contributed by atoms with Gasteiger partial charge in [-0.3, -0.25) is 14.6 Å². The Morgan fingerprint density at radius 2 is 1.70 bits per heavy atom. The standard InChI is InChI=1S/C35H44N6O3/c1-37-35(36)38-22-11-17-31-34(43)41(25-30(26-12-5-3-6-13-26)27-14-7-4-8-15-27)23-21-29(40-31)24-39-33(42)20-19-28-16-9-10-18-32(28)44-2/h3-10,12-16,18-20,29-31,40H,11,17,21-25H2,1-2H3,(H,39,42)(H3,36,37,38)/b20-19+. The lowest BCUT2D eigenvalue weighted by Gasteiger charge is -2.29. The van der Waals surface area contributed by atoms with Gasteiger partial charge in [-0.1, -0.05) is 78.9 Å². The van der Waals surface area contributed by atoms with Crippen LogP contribution in [-0.4, -0.2) is 75.1 Å².